The van der Waals surface area contributed by atoms with E-state index < -0.39 is 0 Å². The van der Waals surface area contributed by atoms with Crippen LogP contribution in [-0.2, 0) is 12.8 Å². The number of fused-ring (bicyclic) bond motifs is 2. The zero-order valence-corrected chi connectivity index (χ0v) is 11.1. The van der Waals surface area contributed by atoms with Crippen molar-refractivity contribution in [2.45, 2.75) is 25.7 Å². The van der Waals surface area contributed by atoms with Gasteiger partial charge in [0, 0.05) is 11.1 Å². The van der Waals surface area contributed by atoms with Crippen molar-refractivity contribution in [3.05, 3.63) is 23.4 Å². The molecule has 2 N–H and O–H groups in total. The van der Waals surface area contributed by atoms with E-state index in [1.807, 2.05) is 0 Å². The van der Waals surface area contributed by atoms with Gasteiger partial charge in [-0.2, -0.15) is 0 Å². The highest BCUT2D eigenvalue weighted by atomic mass is 16.5. The van der Waals surface area contributed by atoms with E-state index in [4.69, 9.17) is 19.7 Å². The Morgan fingerprint density at radius 1 is 1.10 bits per heavy atom. The summed E-state index contributed by atoms with van der Waals surface area (Å²) >= 11 is 0. The van der Waals surface area contributed by atoms with Gasteiger partial charge in [0.25, 0.3) is 0 Å². The molecule has 0 amide bonds. The summed E-state index contributed by atoms with van der Waals surface area (Å²) in [4.78, 5) is 0. The minimum Gasteiger partial charge on any atom is -0.493 e. The second kappa shape index (κ2) is 4.44. The zero-order valence-electron chi connectivity index (χ0n) is 11.1. The predicted molar refractivity (Wildman–Crippen MR) is 74.0 cm³/mol. The van der Waals surface area contributed by atoms with E-state index in [1.165, 1.54) is 5.56 Å². The Morgan fingerprint density at radius 2 is 1.95 bits per heavy atom. The third-order valence-electron chi connectivity index (χ3n) is 3.96. The molecule has 2 aliphatic heterocycles. The van der Waals surface area contributed by atoms with Gasteiger partial charge in [0.15, 0.2) is 0 Å². The summed E-state index contributed by atoms with van der Waals surface area (Å²) in [6.07, 6.45) is 5.67. The van der Waals surface area contributed by atoms with E-state index in [1.54, 1.807) is 6.20 Å². The van der Waals surface area contributed by atoms with Gasteiger partial charge in [-0.3, -0.25) is 0 Å². The van der Waals surface area contributed by atoms with E-state index in [0.717, 1.165) is 67.1 Å². The first kappa shape index (κ1) is 11.6. The molecule has 2 aliphatic rings. The van der Waals surface area contributed by atoms with Crippen LogP contribution >= 0.6 is 0 Å². The van der Waals surface area contributed by atoms with Gasteiger partial charge in [-0.1, -0.05) is 5.16 Å². The minimum atomic E-state index is 0.334. The molecule has 0 spiro atoms. The quantitative estimate of drug-likeness (QED) is 0.864. The standard InChI is InChI=1S/C15H16N2O3/c16-15-11(8-17-20-15)13-10-4-2-5-18-12(10)7-9-3-1-6-19-14(9)13/h7-8H,1-6,16H2. The molecule has 2 aromatic rings. The summed E-state index contributed by atoms with van der Waals surface area (Å²) in [6.45, 7) is 1.51. The Balaban J connectivity index is 2.01. The normalized spacial score (nSPS) is 16.8. The number of rotatable bonds is 1. The Morgan fingerprint density at radius 3 is 2.80 bits per heavy atom. The van der Waals surface area contributed by atoms with Crippen LogP contribution in [0.5, 0.6) is 11.5 Å². The molecule has 0 saturated heterocycles. The lowest BCUT2D eigenvalue weighted by Crippen LogP contribution is -2.15. The molecule has 5 heteroatoms. The van der Waals surface area contributed by atoms with Crippen molar-refractivity contribution in [1.29, 1.82) is 0 Å². The number of ether oxygens (including phenoxy) is 2. The zero-order chi connectivity index (χ0) is 13.5. The number of nitrogens with zero attached hydrogens (tertiary/aromatic N) is 1. The van der Waals surface area contributed by atoms with Crippen LogP contribution in [0.15, 0.2) is 16.8 Å². The second-order valence-corrected chi connectivity index (χ2v) is 5.22. The van der Waals surface area contributed by atoms with Crippen molar-refractivity contribution in [3.63, 3.8) is 0 Å². The van der Waals surface area contributed by atoms with Crippen molar-refractivity contribution >= 4 is 5.88 Å². The summed E-state index contributed by atoms with van der Waals surface area (Å²) in [6, 6.07) is 2.12. The van der Waals surface area contributed by atoms with Gasteiger partial charge in [-0.25, -0.2) is 0 Å². The van der Waals surface area contributed by atoms with Crippen LogP contribution in [0.1, 0.15) is 24.0 Å². The molecule has 0 unspecified atom stereocenters. The van der Waals surface area contributed by atoms with Crippen LogP contribution < -0.4 is 15.2 Å². The third kappa shape index (κ3) is 1.66. The molecule has 0 radical (unpaired) electrons. The molecule has 0 bridgehead atoms. The first-order valence-electron chi connectivity index (χ1n) is 6.99. The van der Waals surface area contributed by atoms with Crippen LogP contribution in [0.2, 0.25) is 0 Å². The van der Waals surface area contributed by atoms with E-state index in [0.29, 0.717) is 5.88 Å². The maximum atomic E-state index is 5.92. The SMILES string of the molecule is Nc1oncc1-c1c2c(cc3c1OCCC3)OCCC2. The molecule has 0 atom stereocenters. The van der Waals surface area contributed by atoms with Crippen LogP contribution in [0.4, 0.5) is 5.88 Å². The largest absolute Gasteiger partial charge is 0.493 e. The molecule has 5 nitrogen and oxygen atoms in total. The van der Waals surface area contributed by atoms with Gasteiger partial charge < -0.3 is 19.7 Å². The molecule has 20 heavy (non-hydrogen) atoms. The summed E-state index contributed by atoms with van der Waals surface area (Å²) in [7, 11) is 0. The molecule has 0 aliphatic carbocycles. The number of anilines is 1. The van der Waals surface area contributed by atoms with Crippen molar-refractivity contribution in [1.82, 2.24) is 5.16 Å². The molecule has 0 saturated carbocycles. The lowest BCUT2D eigenvalue weighted by Gasteiger charge is -2.27. The highest BCUT2D eigenvalue weighted by Gasteiger charge is 2.27. The first-order chi connectivity index (χ1) is 9.84. The number of hydrogen-bond acceptors (Lipinski definition) is 5. The highest BCUT2D eigenvalue weighted by molar-refractivity contribution is 5.83. The molecular weight excluding hydrogens is 256 g/mol. The summed E-state index contributed by atoms with van der Waals surface area (Å²) in [5.74, 6) is 2.21. The van der Waals surface area contributed by atoms with Crippen LogP contribution in [-0.4, -0.2) is 18.4 Å². The molecule has 4 rings (SSSR count). The third-order valence-corrected chi connectivity index (χ3v) is 3.96. The predicted octanol–water partition coefficient (Wildman–Crippen LogP) is 2.57. The number of hydrogen-bond donors (Lipinski definition) is 1. The molecular formula is C15H16N2O3. The molecule has 0 fully saturated rings. The fourth-order valence-electron chi connectivity index (χ4n) is 3.05. The minimum absolute atomic E-state index is 0.334. The van der Waals surface area contributed by atoms with Crippen molar-refractivity contribution < 1.29 is 14.0 Å². The van der Waals surface area contributed by atoms with Crippen LogP contribution in [0.3, 0.4) is 0 Å². The average Bonchev–Trinajstić information content (AvgIpc) is 2.90. The molecule has 104 valence electrons. The number of aromatic nitrogens is 1. The van der Waals surface area contributed by atoms with E-state index in [2.05, 4.69) is 11.2 Å². The Hall–Kier alpha value is -2.17. The maximum Gasteiger partial charge on any atom is 0.230 e. The summed E-state index contributed by atoms with van der Waals surface area (Å²) < 4.78 is 16.8. The van der Waals surface area contributed by atoms with Gasteiger partial charge in [-0.05, 0) is 37.3 Å². The molecule has 1 aromatic heterocycles. The van der Waals surface area contributed by atoms with Gasteiger partial charge in [0.2, 0.25) is 5.88 Å². The Labute approximate surface area is 116 Å². The van der Waals surface area contributed by atoms with E-state index in [-0.39, 0.29) is 0 Å². The van der Waals surface area contributed by atoms with Crippen molar-refractivity contribution in [2.24, 2.45) is 0 Å². The van der Waals surface area contributed by atoms with E-state index >= 15 is 0 Å². The second-order valence-electron chi connectivity index (χ2n) is 5.22. The fraction of sp³-hybridized carbons (Fsp3) is 0.400. The van der Waals surface area contributed by atoms with Gasteiger partial charge in [-0.15, -0.1) is 0 Å². The van der Waals surface area contributed by atoms with Gasteiger partial charge in [0.1, 0.15) is 11.5 Å². The topological polar surface area (TPSA) is 70.5 Å². The Kier molecular flexibility index (Phi) is 2.58. The number of nitrogen functional groups attached to an aromatic ring is 1. The molecule has 3 heterocycles. The van der Waals surface area contributed by atoms with Crippen molar-refractivity contribution in [2.75, 3.05) is 18.9 Å². The highest BCUT2D eigenvalue weighted by Crippen LogP contribution is 2.46. The number of nitrogens with two attached hydrogens (primary N) is 1. The van der Waals surface area contributed by atoms with Crippen LogP contribution in [0.25, 0.3) is 11.1 Å². The van der Waals surface area contributed by atoms with Crippen molar-refractivity contribution in [3.8, 4) is 22.6 Å². The number of benzene rings is 1. The fourth-order valence-corrected chi connectivity index (χ4v) is 3.05. The molecule has 1 aromatic carbocycles. The smallest absolute Gasteiger partial charge is 0.230 e. The Bertz CT molecular complexity index is 629. The average molecular weight is 272 g/mol. The summed E-state index contributed by atoms with van der Waals surface area (Å²) in [5, 5.41) is 3.80. The van der Waals surface area contributed by atoms with E-state index in [9.17, 15) is 0 Å². The monoisotopic (exact) mass is 272 g/mol. The van der Waals surface area contributed by atoms with Gasteiger partial charge in [0.05, 0.1) is 25.0 Å². The van der Waals surface area contributed by atoms with Crippen LogP contribution in [0, 0.1) is 0 Å². The van der Waals surface area contributed by atoms with Gasteiger partial charge >= 0.3 is 0 Å². The maximum absolute atomic E-state index is 5.92. The lowest BCUT2D eigenvalue weighted by molar-refractivity contribution is 0.274. The number of aryl methyl sites for hydroxylation is 1. The lowest BCUT2D eigenvalue weighted by atomic mass is 9.90. The summed E-state index contributed by atoms with van der Waals surface area (Å²) in [5.41, 5.74) is 10.1. The first-order valence-corrected chi connectivity index (χ1v) is 6.99.